The van der Waals surface area contributed by atoms with E-state index in [1.54, 1.807) is 0 Å². The van der Waals surface area contributed by atoms with Crippen LogP contribution in [0.5, 0.6) is 0 Å². The van der Waals surface area contributed by atoms with Gasteiger partial charge in [-0.3, -0.25) is 0 Å². The van der Waals surface area contributed by atoms with Crippen LogP contribution in [0.2, 0.25) is 0 Å². The topological polar surface area (TPSA) is 21.6 Å². The Kier molecular flexibility index (Phi) is 1.66. The standard InChI is InChI=1S/C6H10ClNO/c1-6(2)3-5(4-7)8-9-6/h3-4H2,1-2H3. The Morgan fingerprint density at radius 1 is 1.78 bits per heavy atom. The molecule has 0 spiro atoms. The summed E-state index contributed by atoms with van der Waals surface area (Å²) in [6.07, 6.45) is 0.858. The molecule has 0 N–H and O–H groups in total. The molecule has 1 aliphatic rings. The van der Waals surface area contributed by atoms with E-state index >= 15 is 0 Å². The van der Waals surface area contributed by atoms with Gasteiger partial charge in [-0.05, 0) is 13.8 Å². The van der Waals surface area contributed by atoms with Crippen LogP contribution in [0.25, 0.3) is 0 Å². The van der Waals surface area contributed by atoms with Gasteiger partial charge in [0.2, 0.25) is 0 Å². The van der Waals surface area contributed by atoms with Crippen molar-refractivity contribution in [3.05, 3.63) is 0 Å². The highest BCUT2D eigenvalue weighted by molar-refractivity contribution is 6.28. The first-order valence-corrected chi connectivity index (χ1v) is 3.47. The molecule has 0 aliphatic carbocycles. The Morgan fingerprint density at radius 3 is 2.67 bits per heavy atom. The van der Waals surface area contributed by atoms with E-state index in [-0.39, 0.29) is 5.60 Å². The van der Waals surface area contributed by atoms with Crippen molar-refractivity contribution in [1.82, 2.24) is 0 Å². The molecule has 0 atom stereocenters. The first kappa shape index (κ1) is 6.87. The van der Waals surface area contributed by atoms with Gasteiger partial charge in [-0.15, -0.1) is 11.6 Å². The lowest BCUT2D eigenvalue weighted by atomic mass is 10.0. The molecule has 0 fully saturated rings. The Hall–Kier alpha value is -0.240. The van der Waals surface area contributed by atoms with Crippen LogP contribution in [-0.2, 0) is 4.84 Å². The van der Waals surface area contributed by atoms with E-state index in [1.165, 1.54) is 0 Å². The minimum Gasteiger partial charge on any atom is -0.389 e. The van der Waals surface area contributed by atoms with Crippen molar-refractivity contribution in [2.45, 2.75) is 25.9 Å². The summed E-state index contributed by atoms with van der Waals surface area (Å²) in [6, 6.07) is 0. The van der Waals surface area contributed by atoms with E-state index in [2.05, 4.69) is 5.16 Å². The molecule has 1 aliphatic heterocycles. The summed E-state index contributed by atoms with van der Waals surface area (Å²) >= 11 is 5.52. The van der Waals surface area contributed by atoms with Gasteiger partial charge in [-0.2, -0.15) is 0 Å². The highest BCUT2D eigenvalue weighted by Gasteiger charge is 2.27. The Morgan fingerprint density at radius 2 is 2.44 bits per heavy atom. The maximum Gasteiger partial charge on any atom is 0.137 e. The van der Waals surface area contributed by atoms with Crippen molar-refractivity contribution in [2.75, 3.05) is 5.88 Å². The molecule has 3 heteroatoms. The smallest absolute Gasteiger partial charge is 0.137 e. The fraction of sp³-hybridized carbons (Fsp3) is 0.833. The van der Waals surface area contributed by atoms with Gasteiger partial charge in [0.05, 0.1) is 11.6 Å². The highest BCUT2D eigenvalue weighted by atomic mass is 35.5. The van der Waals surface area contributed by atoms with E-state index in [9.17, 15) is 0 Å². The molecule has 2 nitrogen and oxygen atoms in total. The van der Waals surface area contributed by atoms with Gasteiger partial charge in [-0.1, -0.05) is 5.16 Å². The molecule has 0 unspecified atom stereocenters. The zero-order valence-electron chi connectivity index (χ0n) is 5.65. The summed E-state index contributed by atoms with van der Waals surface area (Å²) in [7, 11) is 0. The Labute approximate surface area is 59.8 Å². The third-order valence-electron chi connectivity index (χ3n) is 1.21. The van der Waals surface area contributed by atoms with E-state index in [0.717, 1.165) is 12.1 Å². The number of rotatable bonds is 1. The largest absolute Gasteiger partial charge is 0.389 e. The lowest BCUT2D eigenvalue weighted by Crippen LogP contribution is -2.19. The third-order valence-corrected chi connectivity index (χ3v) is 1.51. The minimum atomic E-state index is -0.121. The van der Waals surface area contributed by atoms with E-state index in [1.807, 2.05) is 13.8 Å². The normalized spacial score (nSPS) is 23.2. The predicted octanol–water partition coefficient (Wildman–Crippen LogP) is 1.78. The summed E-state index contributed by atoms with van der Waals surface area (Å²) in [4.78, 5) is 5.05. The zero-order chi connectivity index (χ0) is 6.91. The van der Waals surface area contributed by atoms with Crippen LogP contribution in [0.15, 0.2) is 5.16 Å². The summed E-state index contributed by atoms with van der Waals surface area (Å²) in [5, 5.41) is 3.79. The van der Waals surface area contributed by atoms with Gasteiger partial charge in [0, 0.05) is 6.42 Å². The van der Waals surface area contributed by atoms with Gasteiger partial charge in [0.1, 0.15) is 5.60 Å². The summed E-state index contributed by atoms with van der Waals surface area (Å²) in [6.45, 7) is 3.99. The average molecular weight is 148 g/mol. The monoisotopic (exact) mass is 147 g/mol. The highest BCUT2D eigenvalue weighted by Crippen LogP contribution is 2.22. The number of hydrogen-bond acceptors (Lipinski definition) is 2. The quantitative estimate of drug-likeness (QED) is 0.518. The minimum absolute atomic E-state index is 0.121. The first-order valence-electron chi connectivity index (χ1n) is 2.94. The first-order chi connectivity index (χ1) is 4.14. The molecule has 52 valence electrons. The second kappa shape index (κ2) is 2.18. The number of nitrogens with zero attached hydrogens (tertiary/aromatic N) is 1. The molecule has 1 rings (SSSR count). The molecule has 0 saturated carbocycles. The molecular weight excluding hydrogens is 138 g/mol. The fourth-order valence-electron chi connectivity index (χ4n) is 0.816. The summed E-state index contributed by atoms with van der Waals surface area (Å²) < 4.78 is 0. The van der Waals surface area contributed by atoms with Crippen LogP contribution in [-0.4, -0.2) is 17.2 Å². The molecule has 9 heavy (non-hydrogen) atoms. The molecule has 0 aromatic carbocycles. The fourth-order valence-corrected chi connectivity index (χ4v) is 0.959. The van der Waals surface area contributed by atoms with Crippen molar-refractivity contribution >= 4 is 17.3 Å². The third kappa shape index (κ3) is 1.58. The second-order valence-corrected chi connectivity index (χ2v) is 3.09. The van der Waals surface area contributed by atoms with Crippen molar-refractivity contribution in [3.8, 4) is 0 Å². The van der Waals surface area contributed by atoms with Gasteiger partial charge in [0.15, 0.2) is 0 Å². The van der Waals surface area contributed by atoms with E-state index in [0.29, 0.717) is 5.88 Å². The van der Waals surface area contributed by atoms with Crippen LogP contribution in [0.3, 0.4) is 0 Å². The van der Waals surface area contributed by atoms with Crippen LogP contribution in [0, 0.1) is 0 Å². The van der Waals surface area contributed by atoms with Crippen molar-refractivity contribution in [1.29, 1.82) is 0 Å². The van der Waals surface area contributed by atoms with Crippen molar-refractivity contribution in [2.24, 2.45) is 5.16 Å². The predicted molar refractivity (Wildman–Crippen MR) is 37.9 cm³/mol. The second-order valence-electron chi connectivity index (χ2n) is 2.82. The average Bonchev–Trinajstić information content (AvgIpc) is 2.10. The van der Waals surface area contributed by atoms with Gasteiger partial charge >= 0.3 is 0 Å². The number of alkyl halides is 1. The van der Waals surface area contributed by atoms with Crippen molar-refractivity contribution < 1.29 is 4.84 Å². The summed E-state index contributed by atoms with van der Waals surface area (Å²) in [5.74, 6) is 0.490. The molecule has 0 aromatic rings. The van der Waals surface area contributed by atoms with Crippen LogP contribution in [0.1, 0.15) is 20.3 Å². The Balaban J connectivity index is 2.50. The number of hydrogen-bond donors (Lipinski definition) is 0. The van der Waals surface area contributed by atoms with Crippen LogP contribution in [0.4, 0.5) is 0 Å². The van der Waals surface area contributed by atoms with Gasteiger partial charge in [0.25, 0.3) is 0 Å². The number of halogens is 1. The summed E-state index contributed by atoms with van der Waals surface area (Å²) in [5.41, 5.74) is 0.825. The van der Waals surface area contributed by atoms with E-state index < -0.39 is 0 Å². The molecule has 0 bridgehead atoms. The maximum atomic E-state index is 5.52. The molecule has 0 saturated heterocycles. The number of oxime groups is 1. The maximum absolute atomic E-state index is 5.52. The van der Waals surface area contributed by atoms with E-state index in [4.69, 9.17) is 16.4 Å². The SMILES string of the molecule is CC1(C)CC(CCl)=NO1. The molecular formula is C6H10ClNO. The molecule has 0 radical (unpaired) electrons. The Bertz CT molecular complexity index is 142. The van der Waals surface area contributed by atoms with Crippen LogP contribution >= 0.6 is 11.6 Å². The zero-order valence-corrected chi connectivity index (χ0v) is 6.40. The van der Waals surface area contributed by atoms with Crippen molar-refractivity contribution in [3.63, 3.8) is 0 Å². The molecule has 0 aromatic heterocycles. The van der Waals surface area contributed by atoms with Gasteiger partial charge in [-0.25, -0.2) is 0 Å². The van der Waals surface area contributed by atoms with Crippen LogP contribution < -0.4 is 0 Å². The molecule has 1 heterocycles. The van der Waals surface area contributed by atoms with Gasteiger partial charge < -0.3 is 4.84 Å². The lowest BCUT2D eigenvalue weighted by molar-refractivity contribution is 0.0123. The molecule has 0 amide bonds. The lowest BCUT2D eigenvalue weighted by Gasteiger charge is -2.12.